The molecule has 1 aliphatic heterocycles. The van der Waals surface area contributed by atoms with E-state index in [1.165, 1.54) is 5.57 Å². The molecular weight excluding hydrogens is 136 g/mol. The Morgan fingerprint density at radius 2 is 2.45 bits per heavy atom. The lowest BCUT2D eigenvalue weighted by Crippen LogP contribution is -1.96. The summed E-state index contributed by atoms with van der Waals surface area (Å²) in [5.74, 6) is 0.556. The van der Waals surface area contributed by atoms with Gasteiger partial charge in [-0.05, 0) is 18.9 Å². The molecule has 0 aromatic carbocycles. The van der Waals surface area contributed by atoms with Gasteiger partial charge in [0.05, 0.1) is 13.2 Å². The molecule has 62 valence electrons. The SMILES string of the molecule is C/C=C1\COCC1/C=C/CC. The Hall–Kier alpha value is -0.560. The maximum Gasteiger partial charge on any atom is 0.0683 e. The van der Waals surface area contributed by atoms with E-state index in [9.17, 15) is 0 Å². The van der Waals surface area contributed by atoms with E-state index in [2.05, 4.69) is 32.1 Å². The quantitative estimate of drug-likeness (QED) is 0.552. The molecule has 0 radical (unpaired) electrons. The van der Waals surface area contributed by atoms with Gasteiger partial charge in [-0.15, -0.1) is 0 Å². The van der Waals surface area contributed by atoms with Crippen LogP contribution >= 0.6 is 0 Å². The first kappa shape index (κ1) is 8.54. The molecule has 0 amide bonds. The van der Waals surface area contributed by atoms with Crippen molar-refractivity contribution in [1.82, 2.24) is 0 Å². The van der Waals surface area contributed by atoms with E-state index in [1.807, 2.05) is 0 Å². The van der Waals surface area contributed by atoms with E-state index in [1.54, 1.807) is 0 Å². The molecule has 0 aromatic heterocycles. The normalized spacial score (nSPS) is 28.9. The van der Waals surface area contributed by atoms with Gasteiger partial charge in [-0.2, -0.15) is 0 Å². The standard InChI is InChI=1S/C10H16O/c1-3-5-6-10-8-11-7-9(10)4-2/h4-6,10H,3,7-8H2,1-2H3/b6-5+,9-4+. The fourth-order valence-electron chi connectivity index (χ4n) is 1.29. The van der Waals surface area contributed by atoms with Crippen LogP contribution in [0.5, 0.6) is 0 Å². The van der Waals surface area contributed by atoms with E-state index in [0.29, 0.717) is 5.92 Å². The number of hydrogen-bond acceptors (Lipinski definition) is 1. The van der Waals surface area contributed by atoms with Crippen molar-refractivity contribution in [3.8, 4) is 0 Å². The van der Waals surface area contributed by atoms with Crippen LogP contribution < -0.4 is 0 Å². The number of ether oxygens (including phenoxy) is 1. The van der Waals surface area contributed by atoms with Gasteiger partial charge in [0.15, 0.2) is 0 Å². The molecule has 1 unspecified atom stereocenters. The second-order valence-electron chi connectivity index (χ2n) is 2.82. The van der Waals surface area contributed by atoms with Crippen LogP contribution in [0.4, 0.5) is 0 Å². The van der Waals surface area contributed by atoms with E-state index in [4.69, 9.17) is 4.74 Å². The zero-order valence-electron chi connectivity index (χ0n) is 7.34. The Labute approximate surface area is 68.8 Å². The highest BCUT2D eigenvalue weighted by Crippen LogP contribution is 2.20. The molecule has 1 saturated heterocycles. The summed E-state index contributed by atoms with van der Waals surface area (Å²) in [6, 6.07) is 0. The number of rotatable bonds is 2. The zero-order valence-corrected chi connectivity index (χ0v) is 7.34. The first-order chi connectivity index (χ1) is 5.38. The van der Waals surface area contributed by atoms with Gasteiger partial charge in [-0.1, -0.05) is 25.2 Å². The van der Waals surface area contributed by atoms with Crippen LogP contribution in [0, 0.1) is 5.92 Å². The molecule has 1 atom stereocenters. The third-order valence-electron chi connectivity index (χ3n) is 2.02. The second-order valence-corrected chi connectivity index (χ2v) is 2.82. The van der Waals surface area contributed by atoms with Crippen molar-refractivity contribution in [2.75, 3.05) is 13.2 Å². The van der Waals surface area contributed by atoms with Crippen molar-refractivity contribution >= 4 is 0 Å². The van der Waals surface area contributed by atoms with Gasteiger partial charge in [0, 0.05) is 5.92 Å². The second kappa shape index (κ2) is 4.35. The van der Waals surface area contributed by atoms with Crippen LogP contribution in [-0.4, -0.2) is 13.2 Å². The van der Waals surface area contributed by atoms with Crippen LogP contribution in [0.2, 0.25) is 0 Å². The zero-order chi connectivity index (χ0) is 8.10. The van der Waals surface area contributed by atoms with Crippen molar-refractivity contribution in [2.45, 2.75) is 20.3 Å². The highest BCUT2D eigenvalue weighted by molar-refractivity contribution is 5.16. The van der Waals surface area contributed by atoms with Gasteiger partial charge < -0.3 is 4.74 Å². The first-order valence-electron chi connectivity index (χ1n) is 4.28. The molecule has 1 heterocycles. The molecule has 11 heavy (non-hydrogen) atoms. The Morgan fingerprint density at radius 1 is 1.64 bits per heavy atom. The summed E-state index contributed by atoms with van der Waals surface area (Å²) in [7, 11) is 0. The third-order valence-corrected chi connectivity index (χ3v) is 2.02. The van der Waals surface area contributed by atoms with Crippen molar-refractivity contribution in [2.24, 2.45) is 5.92 Å². The lowest BCUT2D eigenvalue weighted by Gasteiger charge is -2.01. The average molecular weight is 152 g/mol. The molecule has 0 aliphatic carbocycles. The van der Waals surface area contributed by atoms with Crippen LogP contribution in [-0.2, 0) is 4.74 Å². The molecule has 1 aliphatic rings. The summed E-state index contributed by atoms with van der Waals surface area (Å²) in [6.07, 6.45) is 7.75. The minimum absolute atomic E-state index is 0.556. The highest BCUT2D eigenvalue weighted by Gasteiger charge is 2.17. The molecule has 1 fully saturated rings. The summed E-state index contributed by atoms with van der Waals surface area (Å²) in [6.45, 7) is 5.93. The summed E-state index contributed by atoms with van der Waals surface area (Å²) in [4.78, 5) is 0. The third kappa shape index (κ3) is 2.19. The Morgan fingerprint density at radius 3 is 3.09 bits per heavy atom. The summed E-state index contributed by atoms with van der Waals surface area (Å²) in [5.41, 5.74) is 1.43. The van der Waals surface area contributed by atoms with Gasteiger partial charge in [-0.3, -0.25) is 0 Å². The number of hydrogen-bond donors (Lipinski definition) is 0. The lowest BCUT2D eigenvalue weighted by atomic mass is 10.0. The van der Waals surface area contributed by atoms with Crippen LogP contribution in [0.3, 0.4) is 0 Å². The topological polar surface area (TPSA) is 9.23 Å². The molecule has 1 rings (SSSR count). The van der Waals surface area contributed by atoms with Gasteiger partial charge in [-0.25, -0.2) is 0 Å². The lowest BCUT2D eigenvalue weighted by molar-refractivity contribution is 0.195. The predicted molar refractivity (Wildman–Crippen MR) is 47.5 cm³/mol. The fourth-order valence-corrected chi connectivity index (χ4v) is 1.29. The van der Waals surface area contributed by atoms with Gasteiger partial charge in [0.25, 0.3) is 0 Å². The maximum absolute atomic E-state index is 5.34. The minimum Gasteiger partial charge on any atom is -0.376 e. The smallest absolute Gasteiger partial charge is 0.0683 e. The van der Waals surface area contributed by atoms with Crippen LogP contribution in [0.1, 0.15) is 20.3 Å². The monoisotopic (exact) mass is 152 g/mol. The highest BCUT2D eigenvalue weighted by atomic mass is 16.5. The molecule has 0 N–H and O–H groups in total. The number of allylic oxidation sites excluding steroid dienone is 2. The van der Waals surface area contributed by atoms with E-state index >= 15 is 0 Å². The molecule has 0 bridgehead atoms. The van der Waals surface area contributed by atoms with E-state index < -0.39 is 0 Å². The van der Waals surface area contributed by atoms with Gasteiger partial charge >= 0.3 is 0 Å². The van der Waals surface area contributed by atoms with Gasteiger partial charge in [0.2, 0.25) is 0 Å². The Kier molecular flexibility index (Phi) is 3.37. The maximum atomic E-state index is 5.34. The molecular formula is C10H16O. The molecule has 0 aromatic rings. The first-order valence-corrected chi connectivity index (χ1v) is 4.28. The summed E-state index contributed by atoms with van der Waals surface area (Å²) in [5, 5.41) is 0. The van der Waals surface area contributed by atoms with Gasteiger partial charge in [0.1, 0.15) is 0 Å². The largest absolute Gasteiger partial charge is 0.376 e. The summed E-state index contributed by atoms with van der Waals surface area (Å²) >= 11 is 0. The molecule has 0 saturated carbocycles. The Balaban J connectivity index is 2.50. The fraction of sp³-hybridized carbons (Fsp3) is 0.600. The van der Waals surface area contributed by atoms with Crippen molar-refractivity contribution < 1.29 is 4.74 Å². The molecule has 1 heteroatoms. The predicted octanol–water partition coefficient (Wildman–Crippen LogP) is 2.55. The Bertz CT molecular complexity index is 168. The minimum atomic E-state index is 0.556. The van der Waals surface area contributed by atoms with E-state index in [-0.39, 0.29) is 0 Å². The van der Waals surface area contributed by atoms with Crippen LogP contribution in [0.15, 0.2) is 23.8 Å². The molecule has 0 spiro atoms. The average Bonchev–Trinajstić information content (AvgIpc) is 2.47. The van der Waals surface area contributed by atoms with Crippen molar-refractivity contribution in [3.05, 3.63) is 23.8 Å². The summed E-state index contributed by atoms with van der Waals surface area (Å²) < 4.78 is 5.34. The molecule has 1 nitrogen and oxygen atoms in total. The van der Waals surface area contributed by atoms with Crippen molar-refractivity contribution in [1.29, 1.82) is 0 Å². The van der Waals surface area contributed by atoms with Crippen molar-refractivity contribution in [3.63, 3.8) is 0 Å². The van der Waals surface area contributed by atoms with Crippen LogP contribution in [0.25, 0.3) is 0 Å². The van der Waals surface area contributed by atoms with E-state index in [0.717, 1.165) is 19.6 Å².